The Morgan fingerprint density at radius 2 is 1.85 bits per heavy atom. The number of esters is 1. The van der Waals surface area contributed by atoms with E-state index in [-0.39, 0.29) is 0 Å². The van der Waals surface area contributed by atoms with Crippen LogP contribution in [0.2, 0.25) is 5.02 Å². The molecular formula is C20H19ClN4O2. The zero-order chi connectivity index (χ0) is 19.1. The number of hydrogen-bond donors (Lipinski definition) is 2. The SMILES string of the molecule is COC(=O)c1ccc(Cl)c(Nc2cc(NCCc3ccccc3)ncn2)c1. The Morgan fingerprint density at radius 3 is 2.63 bits per heavy atom. The van der Waals surface area contributed by atoms with Gasteiger partial charge in [0, 0.05) is 12.6 Å². The van der Waals surface area contributed by atoms with Gasteiger partial charge in [0.25, 0.3) is 0 Å². The van der Waals surface area contributed by atoms with E-state index in [4.69, 9.17) is 16.3 Å². The largest absolute Gasteiger partial charge is 0.465 e. The molecule has 3 rings (SSSR count). The fraction of sp³-hybridized carbons (Fsp3) is 0.150. The molecular weight excluding hydrogens is 364 g/mol. The molecule has 0 fully saturated rings. The number of nitrogens with zero attached hydrogens (tertiary/aromatic N) is 2. The van der Waals surface area contributed by atoms with Crippen LogP contribution in [0.25, 0.3) is 0 Å². The summed E-state index contributed by atoms with van der Waals surface area (Å²) >= 11 is 6.21. The zero-order valence-electron chi connectivity index (χ0n) is 14.8. The standard InChI is InChI=1S/C20H19ClN4O2/c1-27-20(26)15-7-8-16(21)17(11-15)25-19-12-18(23-13-24-19)22-10-9-14-5-3-2-4-6-14/h2-8,11-13H,9-10H2,1H3,(H2,22,23,24,25). The van der Waals surface area contributed by atoms with Crippen molar-refractivity contribution in [3.8, 4) is 0 Å². The van der Waals surface area contributed by atoms with Gasteiger partial charge in [0.15, 0.2) is 0 Å². The smallest absolute Gasteiger partial charge is 0.337 e. The third kappa shape index (κ3) is 5.18. The first-order valence-electron chi connectivity index (χ1n) is 8.40. The van der Waals surface area contributed by atoms with Crippen LogP contribution in [0.1, 0.15) is 15.9 Å². The predicted octanol–water partition coefficient (Wildman–Crippen LogP) is 4.31. The molecule has 0 saturated heterocycles. The van der Waals surface area contributed by atoms with Crippen molar-refractivity contribution < 1.29 is 9.53 Å². The average Bonchev–Trinajstić information content (AvgIpc) is 2.70. The maximum absolute atomic E-state index is 11.7. The summed E-state index contributed by atoms with van der Waals surface area (Å²) in [6.45, 7) is 0.749. The normalized spacial score (nSPS) is 10.3. The number of anilines is 3. The van der Waals surface area contributed by atoms with Crippen molar-refractivity contribution >= 4 is 34.9 Å². The minimum Gasteiger partial charge on any atom is -0.465 e. The summed E-state index contributed by atoms with van der Waals surface area (Å²) in [4.78, 5) is 20.1. The first-order valence-corrected chi connectivity index (χ1v) is 8.78. The van der Waals surface area contributed by atoms with E-state index in [1.54, 1.807) is 24.3 Å². The molecule has 3 aromatic rings. The summed E-state index contributed by atoms with van der Waals surface area (Å²) in [6.07, 6.45) is 2.35. The molecule has 0 spiro atoms. The Labute approximate surface area is 162 Å². The number of carbonyl (C=O) groups is 1. The molecule has 0 saturated carbocycles. The Kier molecular flexibility index (Phi) is 6.22. The zero-order valence-corrected chi connectivity index (χ0v) is 15.5. The van der Waals surface area contributed by atoms with Crippen molar-refractivity contribution in [1.82, 2.24) is 9.97 Å². The van der Waals surface area contributed by atoms with Crippen molar-refractivity contribution in [3.63, 3.8) is 0 Å². The predicted molar refractivity (Wildman–Crippen MR) is 107 cm³/mol. The minimum atomic E-state index is -0.430. The quantitative estimate of drug-likeness (QED) is 0.593. The molecule has 2 N–H and O–H groups in total. The summed E-state index contributed by atoms with van der Waals surface area (Å²) in [5, 5.41) is 6.86. The van der Waals surface area contributed by atoms with Gasteiger partial charge in [0.05, 0.1) is 23.4 Å². The van der Waals surface area contributed by atoms with Crippen LogP contribution >= 0.6 is 11.6 Å². The van der Waals surface area contributed by atoms with E-state index in [1.807, 2.05) is 18.2 Å². The third-order valence-corrected chi connectivity index (χ3v) is 4.21. The highest BCUT2D eigenvalue weighted by atomic mass is 35.5. The van der Waals surface area contributed by atoms with Gasteiger partial charge in [-0.05, 0) is 30.2 Å². The highest BCUT2D eigenvalue weighted by Gasteiger charge is 2.10. The highest BCUT2D eigenvalue weighted by Crippen LogP contribution is 2.26. The van der Waals surface area contributed by atoms with E-state index in [1.165, 1.54) is 19.0 Å². The van der Waals surface area contributed by atoms with Crippen molar-refractivity contribution in [2.75, 3.05) is 24.3 Å². The van der Waals surface area contributed by atoms with Crippen molar-refractivity contribution in [1.29, 1.82) is 0 Å². The number of ether oxygens (including phenoxy) is 1. The van der Waals surface area contributed by atoms with Crippen molar-refractivity contribution in [2.24, 2.45) is 0 Å². The van der Waals surface area contributed by atoms with Crippen LogP contribution in [0, 0.1) is 0 Å². The number of aromatic nitrogens is 2. The highest BCUT2D eigenvalue weighted by molar-refractivity contribution is 6.33. The van der Waals surface area contributed by atoms with E-state index in [2.05, 4.69) is 32.7 Å². The molecule has 0 aliphatic heterocycles. The first kappa shape index (κ1) is 18.7. The van der Waals surface area contributed by atoms with Crippen LogP contribution in [0.5, 0.6) is 0 Å². The maximum atomic E-state index is 11.7. The van der Waals surface area contributed by atoms with Crippen molar-refractivity contribution in [2.45, 2.75) is 6.42 Å². The number of rotatable bonds is 7. The van der Waals surface area contributed by atoms with Gasteiger partial charge in [-0.1, -0.05) is 41.9 Å². The lowest BCUT2D eigenvalue weighted by atomic mass is 10.1. The van der Waals surface area contributed by atoms with Crippen LogP contribution in [0.15, 0.2) is 60.9 Å². The molecule has 1 heterocycles. The molecule has 0 atom stereocenters. The van der Waals surface area contributed by atoms with Gasteiger partial charge in [-0.25, -0.2) is 14.8 Å². The number of benzene rings is 2. The first-order chi connectivity index (χ1) is 13.2. The average molecular weight is 383 g/mol. The second-order valence-electron chi connectivity index (χ2n) is 5.76. The molecule has 0 aliphatic rings. The molecule has 6 nitrogen and oxygen atoms in total. The summed E-state index contributed by atoms with van der Waals surface area (Å²) in [5.41, 5.74) is 2.22. The van der Waals surface area contributed by atoms with Gasteiger partial charge in [0.1, 0.15) is 18.0 Å². The molecule has 0 unspecified atom stereocenters. The van der Waals surface area contributed by atoms with Crippen LogP contribution in [-0.4, -0.2) is 29.6 Å². The fourth-order valence-corrected chi connectivity index (χ4v) is 2.67. The molecule has 0 amide bonds. The molecule has 2 aromatic carbocycles. The Balaban J connectivity index is 1.66. The van der Waals surface area contributed by atoms with Gasteiger partial charge in [-0.15, -0.1) is 0 Å². The van der Waals surface area contributed by atoms with Gasteiger partial charge >= 0.3 is 5.97 Å². The molecule has 1 aromatic heterocycles. The van der Waals surface area contributed by atoms with Gasteiger partial charge < -0.3 is 15.4 Å². The fourth-order valence-electron chi connectivity index (χ4n) is 2.51. The van der Waals surface area contributed by atoms with E-state index in [0.717, 1.165) is 13.0 Å². The Bertz CT molecular complexity index is 919. The number of nitrogens with one attached hydrogen (secondary N) is 2. The number of methoxy groups -OCH3 is 1. The molecule has 7 heteroatoms. The molecule has 27 heavy (non-hydrogen) atoms. The summed E-state index contributed by atoms with van der Waals surface area (Å²) in [6, 6.07) is 16.9. The second kappa shape index (κ2) is 9.00. The molecule has 0 aliphatic carbocycles. The monoisotopic (exact) mass is 382 g/mol. The van der Waals surface area contributed by atoms with E-state index >= 15 is 0 Å². The minimum absolute atomic E-state index is 0.402. The Hall–Kier alpha value is -3.12. The summed E-state index contributed by atoms with van der Waals surface area (Å²) < 4.78 is 4.74. The topological polar surface area (TPSA) is 76.1 Å². The van der Waals surface area contributed by atoms with E-state index in [9.17, 15) is 4.79 Å². The van der Waals surface area contributed by atoms with Crippen LogP contribution in [0.4, 0.5) is 17.3 Å². The summed E-state index contributed by atoms with van der Waals surface area (Å²) in [7, 11) is 1.34. The molecule has 138 valence electrons. The van der Waals surface area contributed by atoms with Crippen LogP contribution < -0.4 is 10.6 Å². The number of halogens is 1. The van der Waals surface area contributed by atoms with Crippen LogP contribution in [-0.2, 0) is 11.2 Å². The van der Waals surface area contributed by atoms with E-state index in [0.29, 0.717) is 27.9 Å². The van der Waals surface area contributed by atoms with Gasteiger partial charge in [0.2, 0.25) is 0 Å². The Morgan fingerprint density at radius 1 is 1.07 bits per heavy atom. The summed E-state index contributed by atoms with van der Waals surface area (Å²) in [5.74, 6) is 0.834. The number of carbonyl (C=O) groups excluding carboxylic acids is 1. The number of hydrogen-bond acceptors (Lipinski definition) is 6. The van der Waals surface area contributed by atoms with Gasteiger partial charge in [-0.3, -0.25) is 0 Å². The lowest BCUT2D eigenvalue weighted by Crippen LogP contribution is -2.07. The molecule has 0 bridgehead atoms. The maximum Gasteiger partial charge on any atom is 0.337 e. The second-order valence-corrected chi connectivity index (χ2v) is 6.17. The third-order valence-electron chi connectivity index (χ3n) is 3.88. The van der Waals surface area contributed by atoms with Gasteiger partial charge in [-0.2, -0.15) is 0 Å². The lowest BCUT2D eigenvalue weighted by molar-refractivity contribution is 0.0601. The lowest BCUT2D eigenvalue weighted by Gasteiger charge is -2.11. The van der Waals surface area contributed by atoms with E-state index < -0.39 is 5.97 Å². The van der Waals surface area contributed by atoms with Crippen molar-refractivity contribution in [3.05, 3.63) is 77.1 Å². The molecule has 0 radical (unpaired) electrons. The van der Waals surface area contributed by atoms with Crippen LogP contribution in [0.3, 0.4) is 0 Å².